The Morgan fingerprint density at radius 2 is 1.91 bits per heavy atom. The molecule has 1 atom stereocenters. The van der Waals surface area contributed by atoms with Crippen molar-refractivity contribution in [3.63, 3.8) is 0 Å². The van der Waals surface area contributed by atoms with E-state index in [-0.39, 0.29) is 29.4 Å². The Balaban J connectivity index is 2.13. The molecule has 1 aliphatic heterocycles. The van der Waals surface area contributed by atoms with Crippen LogP contribution < -0.4 is 9.47 Å². The molecular formula is C25H30N2O6. The third-order valence-electron chi connectivity index (χ3n) is 5.43. The Bertz CT molecular complexity index is 1060. The Kier molecular flexibility index (Phi) is 7.60. The number of benzene rings is 2. The van der Waals surface area contributed by atoms with Gasteiger partial charge in [0.2, 0.25) is 0 Å². The number of methoxy groups -OCH3 is 1. The quantitative estimate of drug-likeness (QED) is 0.341. The minimum Gasteiger partial charge on any atom is -0.507 e. The van der Waals surface area contributed by atoms with Crippen LogP contribution in [0, 0.1) is 0 Å². The van der Waals surface area contributed by atoms with Crippen LogP contribution in [-0.4, -0.2) is 72.6 Å². The molecule has 0 aliphatic carbocycles. The fourth-order valence-corrected chi connectivity index (χ4v) is 3.75. The summed E-state index contributed by atoms with van der Waals surface area (Å²) in [7, 11) is 5.17. The van der Waals surface area contributed by atoms with E-state index in [9.17, 15) is 19.8 Å². The summed E-state index contributed by atoms with van der Waals surface area (Å²) in [5.41, 5.74) is 0.833. The molecule has 2 aromatic carbocycles. The summed E-state index contributed by atoms with van der Waals surface area (Å²) in [5, 5.41) is 21.5. The molecule has 8 heteroatoms. The molecule has 2 N–H and O–H groups in total. The van der Waals surface area contributed by atoms with Gasteiger partial charge in [0.05, 0.1) is 25.3 Å². The van der Waals surface area contributed by atoms with Crippen LogP contribution in [0.5, 0.6) is 17.2 Å². The number of aliphatic hydroxyl groups is 1. The summed E-state index contributed by atoms with van der Waals surface area (Å²) < 4.78 is 10.8. The molecule has 0 radical (unpaired) electrons. The van der Waals surface area contributed by atoms with E-state index in [1.54, 1.807) is 36.4 Å². The highest BCUT2D eigenvalue weighted by Gasteiger charge is 2.46. The number of rotatable bonds is 9. The minimum atomic E-state index is -0.859. The molecule has 1 fully saturated rings. The number of aliphatic hydroxyl groups excluding tert-OH is 1. The first-order valence-electron chi connectivity index (χ1n) is 10.8. The van der Waals surface area contributed by atoms with Crippen LogP contribution in [0.4, 0.5) is 0 Å². The van der Waals surface area contributed by atoms with Gasteiger partial charge in [0.1, 0.15) is 11.5 Å². The number of Topliss-reactive ketones (excluding diaryl/α,β-unsaturated/α-hetero) is 1. The summed E-state index contributed by atoms with van der Waals surface area (Å²) in [6, 6.07) is 10.6. The lowest BCUT2D eigenvalue weighted by Crippen LogP contribution is -2.35. The zero-order valence-corrected chi connectivity index (χ0v) is 19.4. The highest BCUT2D eigenvalue weighted by atomic mass is 16.5. The van der Waals surface area contributed by atoms with Crippen LogP contribution in [0.15, 0.2) is 48.0 Å². The predicted octanol–water partition coefficient (Wildman–Crippen LogP) is 3.17. The maximum Gasteiger partial charge on any atom is 0.295 e. The van der Waals surface area contributed by atoms with E-state index in [0.717, 1.165) is 6.42 Å². The maximum atomic E-state index is 13.1. The molecule has 0 aromatic heterocycles. The number of aromatic hydroxyl groups is 1. The molecule has 2 aromatic rings. The lowest BCUT2D eigenvalue weighted by atomic mass is 9.95. The number of likely N-dealkylation sites (tertiary alicyclic amines) is 1. The van der Waals surface area contributed by atoms with Gasteiger partial charge in [0.25, 0.3) is 11.7 Å². The summed E-state index contributed by atoms with van der Waals surface area (Å²) in [6.07, 6.45) is 0.828. The van der Waals surface area contributed by atoms with Crippen molar-refractivity contribution < 1.29 is 29.3 Å². The molecule has 176 valence electrons. The first kappa shape index (κ1) is 24.1. The molecular weight excluding hydrogens is 424 g/mol. The van der Waals surface area contributed by atoms with Crippen LogP contribution in [0.2, 0.25) is 0 Å². The van der Waals surface area contributed by atoms with Gasteiger partial charge < -0.3 is 29.5 Å². The van der Waals surface area contributed by atoms with Gasteiger partial charge in [-0.1, -0.05) is 25.1 Å². The molecule has 0 saturated carbocycles. The number of nitrogens with zero attached hydrogens (tertiary/aromatic N) is 2. The van der Waals surface area contributed by atoms with Gasteiger partial charge in [-0.15, -0.1) is 0 Å². The molecule has 1 saturated heterocycles. The van der Waals surface area contributed by atoms with Crippen molar-refractivity contribution in [2.24, 2.45) is 0 Å². The third kappa shape index (κ3) is 5.12. The minimum absolute atomic E-state index is 0.0315. The average Bonchev–Trinajstić information content (AvgIpc) is 3.05. The van der Waals surface area contributed by atoms with E-state index in [1.807, 2.05) is 25.9 Å². The fraction of sp³-hybridized carbons (Fsp3) is 0.360. The molecule has 3 rings (SSSR count). The third-order valence-corrected chi connectivity index (χ3v) is 5.43. The predicted molar refractivity (Wildman–Crippen MR) is 124 cm³/mol. The molecule has 33 heavy (non-hydrogen) atoms. The topological polar surface area (TPSA) is 99.5 Å². The number of hydrogen-bond acceptors (Lipinski definition) is 7. The van der Waals surface area contributed by atoms with E-state index in [1.165, 1.54) is 18.1 Å². The average molecular weight is 455 g/mol. The van der Waals surface area contributed by atoms with E-state index < -0.39 is 17.7 Å². The first-order chi connectivity index (χ1) is 15.8. The molecule has 8 nitrogen and oxygen atoms in total. The SMILES string of the molecule is CCCOc1cccc(/C(O)=C2/C(=O)C(=O)N(CCN(C)C)C2c2ccc(OC)c(O)c2)c1. The van der Waals surface area contributed by atoms with Crippen molar-refractivity contribution in [3.8, 4) is 17.2 Å². The van der Waals surface area contributed by atoms with E-state index in [0.29, 0.717) is 30.0 Å². The molecule has 0 spiro atoms. The van der Waals surface area contributed by atoms with Crippen molar-refractivity contribution in [2.75, 3.05) is 40.9 Å². The fourth-order valence-electron chi connectivity index (χ4n) is 3.75. The number of phenolic OH excluding ortho intramolecular Hbond substituents is 1. The summed E-state index contributed by atoms with van der Waals surface area (Å²) in [6.45, 7) is 3.30. The van der Waals surface area contributed by atoms with Crippen molar-refractivity contribution in [2.45, 2.75) is 19.4 Å². The van der Waals surface area contributed by atoms with Crippen molar-refractivity contribution >= 4 is 17.4 Å². The zero-order chi connectivity index (χ0) is 24.1. The Morgan fingerprint density at radius 3 is 2.55 bits per heavy atom. The van der Waals surface area contributed by atoms with Crippen molar-refractivity contribution in [1.29, 1.82) is 0 Å². The zero-order valence-electron chi connectivity index (χ0n) is 19.4. The van der Waals surface area contributed by atoms with Crippen LogP contribution in [-0.2, 0) is 9.59 Å². The summed E-state index contributed by atoms with van der Waals surface area (Å²) in [4.78, 5) is 29.4. The Labute approximate surface area is 193 Å². The Hall–Kier alpha value is -3.52. The van der Waals surface area contributed by atoms with Crippen LogP contribution in [0.1, 0.15) is 30.5 Å². The summed E-state index contributed by atoms with van der Waals surface area (Å²) >= 11 is 0. The van der Waals surface area contributed by atoms with Gasteiger partial charge in [0.15, 0.2) is 11.5 Å². The highest BCUT2D eigenvalue weighted by Crippen LogP contribution is 2.41. The summed E-state index contributed by atoms with van der Waals surface area (Å²) in [5.74, 6) is -1.05. The number of carbonyl (C=O) groups is 2. The number of hydrogen-bond donors (Lipinski definition) is 2. The number of phenols is 1. The number of ketones is 1. The number of likely N-dealkylation sites (N-methyl/N-ethyl adjacent to an activating group) is 1. The van der Waals surface area contributed by atoms with E-state index in [4.69, 9.17) is 9.47 Å². The van der Waals surface area contributed by atoms with Crippen molar-refractivity contribution in [3.05, 3.63) is 59.2 Å². The Morgan fingerprint density at radius 1 is 1.15 bits per heavy atom. The highest BCUT2D eigenvalue weighted by molar-refractivity contribution is 6.46. The van der Waals surface area contributed by atoms with Crippen molar-refractivity contribution in [1.82, 2.24) is 9.80 Å². The molecule has 0 bridgehead atoms. The largest absolute Gasteiger partial charge is 0.507 e. The van der Waals surface area contributed by atoms with E-state index >= 15 is 0 Å². The monoisotopic (exact) mass is 454 g/mol. The van der Waals surface area contributed by atoms with Gasteiger partial charge in [-0.3, -0.25) is 9.59 Å². The second-order valence-electron chi connectivity index (χ2n) is 8.10. The van der Waals surface area contributed by atoms with Crippen LogP contribution in [0.25, 0.3) is 5.76 Å². The molecule has 1 aliphatic rings. The van der Waals surface area contributed by atoms with Gasteiger partial charge in [-0.25, -0.2) is 0 Å². The lowest BCUT2D eigenvalue weighted by molar-refractivity contribution is -0.140. The van der Waals surface area contributed by atoms with Gasteiger partial charge >= 0.3 is 0 Å². The van der Waals surface area contributed by atoms with Crippen LogP contribution >= 0.6 is 0 Å². The second-order valence-corrected chi connectivity index (χ2v) is 8.10. The lowest BCUT2D eigenvalue weighted by Gasteiger charge is -2.27. The van der Waals surface area contributed by atoms with E-state index in [2.05, 4.69) is 0 Å². The van der Waals surface area contributed by atoms with Gasteiger partial charge in [-0.2, -0.15) is 0 Å². The normalized spacial score (nSPS) is 17.6. The smallest absolute Gasteiger partial charge is 0.295 e. The molecule has 1 amide bonds. The molecule has 1 heterocycles. The van der Waals surface area contributed by atoms with Gasteiger partial charge in [0, 0.05) is 18.7 Å². The first-order valence-corrected chi connectivity index (χ1v) is 10.8. The molecule has 1 unspecified atom stereocenters. The second kappa shape index (κ2) is 10.4. The standard InChI is InChI=1S/C25H30N2O6/c1-5-13-33-18-8-6-7-17(14-18)23(29)21-22(16-9-10-20(32-4)19(28)15-16)27(12-11-26(2)3)25(31)24(21)30/h6-10,14-15,22,28-29H,5,11-13H2,1-4H3/b23-21-. The maximum absolute atomic E-state index is 13.1. The number of ether oxygens (including phenoxy) is 2. The number of amides is 1. The van der Waals surface area contributed by atoms with Crippen LogP contribution in [0.3, 0.4) is 0 Å². The number of carbonyl (C=O) groups excluding carboxylic acids is 2. The van der Waals surface area contributed by atoms with Gasteiger partial charge in [-0.05, 0) is 50.3 Å².